The Morgan fingerprint density at radius 2 is 1.58 bits per heavy atom. The third-order valence-corrected chi connectivity index (χ3v) is 3.31. The van der Waals surface area contributed by atoms with Crippen molar-refractivity contribution in [2.24, 2.45) is 0 Å². The largest absolute Gasteiger partial charge is 0.416 e. The molecule has 2 aromatic carbocycles. The van der Waals surface area contributed by atoms with Crippen LogP contribution < -0.4 is 16.2 Å². The van der Waals surface area contributed by atoms with Gasteiger partial charge >= 0.3 is 6.18 Å². The zero-order valence-electron chi connectivity index (χ0n) is 12.4. The fourth-order valence-electron chi connectivity index (χ4n) is 1.82. The second-order valence-electron chi connectivity index (χ2n) is 4.82. The van der Waals surface area contributed by atoms with Gasteiger partial charge in [-0.25, -0.2) is 0 Å². The van der Waals surface area contributed by atoms with Gasteiger partial charge in [-0.15, -0.1) is 0 Å². The molecule has 2 aromatic rings. The average molecular weight is 353 g/mol. The van der Waals surface area contributed by atoms with E-state index in [1.165, 1.54) is 0 Å². The third kappa shape index (κ3) is 5.24. The predicted molar refractivity (Wildman–Crippen MR) is 87.9 cm³/mol. The standard InChI is InChI=1S/C16H14F3N3OS/c17-16(18,19)13-8-6-12(7-9-13)14(23)21-22-15(24)20-10-11-4-2-1-3-5-11/h1-9H,10H2,(H,21,23)(H2,20,22,24). The highest BCUT2D eigenvalue weighted by molar-refractivity contribution is 7.80. The molecule has 0 saturated carbocycles. The van der Waals surface area contributed by atoms with Gasteiger partial charge in [-0.1, -0.05) is 30.3 Å². The summed E-state index contributed by atoms with van der Waals surface area (Å²) in [6.45, 7) is 0.475. The zero-order chi connectivity index (χ0) is 17.6. The molecule has 0 heterocycles. The highest BCUT2D eigenvalue weighted by Crippen LogP contribution is 2.28. The van der Waals surface area contributed by atoms with Gasteiger partial charge in [0.2, 0.25) is 0 Å². The van der Waals surface area contributed by atoms with Gasteiger partial charge in [0.25, 0.3) is 5.91 Å². The quantitative estimate of drug-likeness (QED) is 0.587. The van der Waals surface area contributed by atoms with Crippen LogP contribution in [-0.4, -0.2) is 11.0 Å². The summed E-state index contributed by atoms with van der Waals surface area (Å²) in [5.41, 5.74) is 5.10. The van der Waals surface area contributed by atoms with Crippen LogP contribution in [0.3, 0.4) is 0 Å². The van der Waals surface area contributed by atoms with Crippen LogP contribution in [-0.2, 0) is 12.7 Å². The Morgan fingerprint density at radius 1 is 0.958 bits per heavy atom. The van der Waals surface area contributed by atoms with E-state index in [0.29, 0.717) is 6.54 Å². The minimum Gasteiger partial charge on any atom is -0.357 e. The number of rotatable bonds is 3. The summed E-state index contributed by atoms with van der Waals surface area (Å²) in [5, 5.41) is 3.09. The SMILES string of the molecule is O=C(NNC(=S)NCc1ccccc1)c1ccc(C(F)(F)F)cc1. The van der Waals surface area contributed by atoms with Crippen molar-refractivity contribution in [1.29, 1.82) is 0 Å². The highest BCUT2D eigenvalue weighted by atomic mass is 32.1. The number of hydrogen-bond acceptors (Lipinski definition) is 2. The average Bonchev–Trinajstić information content (AvgIpc) is 2.58. The summed E-state index contributed by atoms with van der Waals surface area (Å²) >= 11 is 5.01. The lowest BCUT2D eigenvalue weighted by molar-refractivity contribution is -0.137. The fraction of sp³-hybridized carbons (Fsp3) is 0.125. The molecule has 24 heavy (non-hydrogen) atoms. The molecular formula is C16H14F3N3OS. The molecule has 0 aliphatic carbocycles. The lowest BCUT2D eigenvalue weighted by Crippen LogP contribution is -2.46. The van der Waals surface area contributed by atoms with E-state index >= 15 is 0 Å². The van der Waals surface area contributed by atoms with Gasteiger partial charge < -0.3 is 5.32 Å². The molecule has 0 aliphatic rings. The van der Waals surface area contributed by atoms with Crippen molar-refractivity contribution in [3.05, 3.63) is 71.3 Å². The first-order valence-electron chi connectivity index (χ1n) is 6.91. The van der Waals surface area contributed by atoms with Crippen molar-refractivity contribution in [3.63, 3.8) is 0 Å². The first kappa shape index (κ1) is 17.7. The summed E-state index contributed by atoms with van der Waals surface area (Å²) in [6.07, 6.45) is -4.43. The van der Waals surface area contributed by atoms with Crippen molar-refractivity contribution in [3.8, 4) is 0 Å². The van der Waals surface area contributed by atoms with Crippen LogP contribution in [0.5, 0.6) is 0 Å². The van der Waals surface area contributed by atoms with Crippen LogP contribution in [0.2, 0.25) is 0 Å². The van der Waals surface area contributed by atoms with E-state index in [1.54, 1.807) is 0 Å². The van der Waals surface area contributed by atoms with E-state index in [0.717, 1.165) is 29.8 Å². The Balaban J connectivity index is 1.81. The molecule has 0 aliphatic heterocycles. The first-order valence-corrected chi connectivity index (χ1v) is 7.32. The number of carbonyl (C=O) groups excluding carboxylic acids is 1. The predicted octanol–water partition coefficient (Wildman–Crippen LogP) is 3.01. The number of carbonyl (C=O) groups is 1. The van der Waals surface area contributed by atoms with Crippen LogP contribution in [0.15, 0.2) is 54.6 Å². The molecule has 0 radical (unpaired) electrons. The van der Waals surface area contributed by atoms with Crippen LogP contribution in [0.25, 0.3) is 0 Å². The molecule has 0 aromatic heterocycles. The van der Waals surface area contributed by atoms with Crippen LogP contribution in [0, 0.1) is 0 Å². The number of hydrogen-bond donors (Lipinski definition) is 3. The second kappa shape index (κ2) is 7.78. The topological polar surface area (TPSA) is 53.2 Å². The Hall–Kier alpha value is -2.61. The van der Waals surface area contributed by atoms with Crippen LogP contribution in [0.4, 0.5) is 13.2 Å². The molecule has 2 rings (SSSR count). The molecule has 4 nitrogen and oxygen atoms in total. The van der Waals surface area contributed by atoms with Crippen molar-refractivity contribution >= 4 is 23.2 Å². The van der Waals surface area contributed by atoms with Gasteiger partial charge in [-0.2, -0.15) is 13.2 Å². The van der Waals surface area contributed by atoms with Gasteiger partial charge in [-0.3, -0.25) is 15.6 Å². The normalized spacial score (nSPS) is 10.8. The highest BCUT2D eigenvalue weighted by Gasteiger charge is 2.30. The molecule has 1 amide bonds. The minimum absolute atomic E-state index is 0.0846. The minimum atomic E-state index is -4.43. The summed E-state index contributed by atoms with van der Waals surface area (Å²) in [7, 11) is 0. The van der Waals surface area contributed by atoms with Gasteiger partial charge in [-0.05, 0) is 42.0 Å². The molecule has 0 spiro atoms. The van der Waals surface area contributed by atoms with Crippen molar-refractivity contribution in [1.82, 2.24) is 16.2 Å². The Labute approximate surface area is 142 Å². The summed E-state index contributed by atoms with van der Waals surface area (Å²) in [6, 6.07) is 13.4. The molecular weight excluding hydrogens is 339 g/mol. The van der Waals surface area contributed by atoms with Crippen molar-refractivity contribution < 1.29 is 18.0 Å². The Kier molecular flexibility index (Phi) is 5.75. The summed E-state index contributed by atoms with van der Waals surface area (Å²) in [4.78, 5) is 11.8. The Morgan fingerprint density at radius 3 is 2.17 bits per heavy atom. The maximum atomic E-state index is 12.5. The molecule has 3 N–H and O–H groups in total. The number of benzene rings is 2. The monoisotopic (exact) mass is 353 g/mol. The maximum absolute atomic E-state index is 12.5. The van der Waals surface area contributed by atoms with Crippen molar-refractivity contribution in [2.45, 2.75) is 12.7 Å². The van der Waals surface area contributed by atoms with Crippen LogP contribution >= 0.6 is 12.2 Å². The summed E-state index contributed by atoms with van der Waals surface area (Å²) in [5.74, 6) is -0.590. The second-order valence-corrected chi connectivity index (χ2v) is 5.23. The fourth-order valence-corrected chi connectivity index (χ4v) is 1.94. The molecule has 0 fully saturated rings. The maximum Gasteiger partial charge on any atom is 0.416 e. The lowest BCUT2D eigenvalue weighted by atomic mass is 10.1. The summed E-state index contributed by atoms with van der Waals surface area (Å²) < 4.78 is 37.4. The Bertz CT molecular complexity index is 703. The van der Waals surface area contributed by atoms with Crippen LogP contribution in [0.1, 0.15) is 21.5 Å². The molecule has 8 heteroatoms. The third-order valence-electron chi connectivity index (χ3n) is 3.06. The number of hydrazine groups is 1. The van der Waals surface area contributed by atoms with E-state index in [2.05, 4.69) is 16.2 Å². The molecule has 0 unspecified atom stereocenters. The smallest absolute Gasteiger partial charge is 0.357 e. The van der Waals surface area contributed by atoms with Gasteiger partial charge in [0, 0.05) is 12.1 Å². The van der Waals surface area contributed by atoms with Gasteiger partial charge in [0.05, 0.1) is 5.56 Å². The van der Waals surface area contributed by atoms with E-state index < -0.39 is 17.6 Å². The molecule has 126 valence electrons. The van der Waals surface area contributed by atoms with Crippen molar-refractivity contribution in [2.75, 3.05) is 0 Å². The van der Waals surface area contributed by atoms with E-state index in [9.17, 15) is 18.0 Å². The molecule has 0 saturated heterocycles. The number of thiocarbonyl (C=S) groups is 1. The number of halogens is 3. The lowest BCUT2D eigenvalue weighted by Gasteiger charge is -2.12. The number of amides is 1. The van der Waals surface area contributed by atoms with E-state index in [1.807, 2.05) is 30.3 Å². The zero-order valence-corrected chi connectivity index (χ0v) is 13.2. The molecule has 0 bridgehead atoms. The van der Waals surface area contributed by atoms with Gasteiger partial charge in [0.1, 0.15) is 0 Å². The van der Waals surface area contributed by atoms with Gasteiger partial charge in [0.15, 0.2) is 5.11 Å². The van der Waals surface area contributed by atoms with E-state index in [4.69, 9.17) is 12.2 Å². The number of alkyl halides is 3. The molecule has 0 atom stereocenters. The first-order chi connectivity index (χ1) is 11.4. The van der Waals surface area contributed by atoms with E-state index in [-0.39, 0.29) is 10.7 Å². The number of nitrogens with one attached hydrogen (secondary N) is 3.